The molecule has 0 aromatic rings. The van der Waals surface area contributed by atoms with Crippen molar-refractivity contribution in [1.29, 1.82) is 0 Å². The highest BCUT2D eigenvalue weighted by molar-refractivity contribution is 7.47. The Morgan fingerprint density at radius 2 is 0.945 bits per heavy atom. The maximum absolute atomic E-state index is 12.6. The lowest BCUT2D eigenvalue weighted by atomic mass is 10.1. The molecule has 0 saturated carbocycles. The van der Waals surface area contributed by atoms with Crippen molar-refractivity contribution in [2.24, 2.45) is 5.73 Å². The normalized spacial score (nSPS) is 13.6. The molecular weight excluding hydrogens is 713 g/mol. The molecule has 0 aliphatic rings. The molecule has 0 aromatic heterocycles. The smallest absolute Gasteiger partial charge is 0.462 e. The lowest BCUT2D eigenvalue weighted by Gasteiger charge is -2.19. The molecule has 1 unspecified atom stereocenters. The number of hydrogen-bond donors (Lipinski definition) is 2. The number of hydrogen-bond acceptors (Lipinski definition) is 8. The van der Waals surface area contributed by atoms with Gasteiger partial charge in [-0.3, -0.25) is 18.6 Å². The molecule has 0 aliphatic carbocycles. The third-order valence-corrected chi connectivity index (χ3v) is 10.5. The SMILES string of the molecule is CCCCC/C=C/C/C=C/CCCCCCCCCC(=O)OC[C@H](COP(=O)(O)OCCN)OC(=O)CCCCCCCCCCC/C=C/CCCCCC. The number of unbranched alkanes of at least 4 members (excludes halogenated alkanes) is 23. The summed E-state index contributed by atoms with van der Waals surface area (Å²) in [5, 5.41) is 0. The van der Waals surface area contributed by atoms with E-state index in [9.17, 15) is 19.0 Å². The monoisotopic (exact) mass is 798 g/mol. The summed E-state index contributed by atoms with van der Waals surface area (Å²) >= 11 is 0. The van der Waals surface area contributed by atoms with Gasteiger partial charge in [-0.15, -0.1) is 0 Å². The molecular formula is C45H84NO8P. The first kappa shape index (κ1) is 53.2. The van der Waals surface area contributed by atoms with Crippen molar-refractivity contribution in [3.05, 3.63) is 36.5 Å². The van der Waals surface area contributed by atoms with E-state index in [0.717, 1.165) is 57.8 Å². The molecule has 0 aromatic carbocycles. The molecule has 0 fully saturated rings. The number of phosphoric acid groups is 1. The highest BCUT2D eigenvalue weighted by atomic mass is 31.2. The van der Waals surface area contributed by atoms with E-state index in [2.05, 4.69) is 50.3 Å². The van der Waals surface area contributed by atoms with E-state index < -0.39 is 26.5 Å². The average molecular weight is 798 g/mol. The van der Waals surface area contributed by atoms with Crippen LogP contribution in [0.4, 0.5) is 0 Å². The minimum absolute atomic E-state index is 0.0519. The van der Waals surface area contributed by atoms with Crippen LogP contribution in [0.1, 0.15) is 206 Å². The van der Waals surface area contributed by atoms with E-state index in [1.54, 1.807) is 0 Å². The van der Waals surface area contributed by atoms with Gasteiger partial charge < -0.3 is 20.1 Å². The number of carbonyl (C=O) groups is 2. The summed E-state index contributed by atoms with van der Waals surface area (Å²) in [4.78, 5) is 34.9. The molecule has 55 heavy (non-hydrogen) atoms. The molecule has 3 N–H and O–H groups in total. The minimum Gasteiger partial charge on any atom is -0.462 e. The van der Waals surface area contributed by atoms with Gasteiger partial charge in [-0.25, -0.2) is 4.57 Å². The third-order valence-electron chi connectivity index (χ3n) is 9.50. The fraction of sp³-hybridized carbons (Fsp3) is 0.822. The first-order chi connectivity index (χ1) is 26.8. The second kappa shape index (κ2) is 41.9. The van der Waals surface area contributed by atoms with Crippen molar-refractivity contribution in [2.45, 2.75) is 213 Å². The molecule has 10 heteroatoms. The minimum atomic E-state index is -4.38. The molecule has 0 radical (unpaired) electrons. The van der Waals surface area contributed by atoms with Crippen LogP contribution in [-0.4, -0.2) is 49.3 Å². The third kappa shape index (κ3) is 41.7. The maximum atomic E-state index is 12.6. The molecule has 0 spiro atoms. The van der Waals surface area contributed by atoms with Gasteiger partial charge in [0.2, 0.25) is 0 Å². The van der Waals surface area contributed by atoms with Crippen molar-refractivity contribution in [2.75, 3.05) is 26.4 Å². The Labute approximate surface area is 337 Å². The van der Waals surface area contributed by atoms with Crippen LogP contribution < -0.4 is 5.73 Å². The number of nitrogens with two attached hydrogens (primary N) is 1. The molecule has 0 heterocycles. The molecule has 0 aliphatic heterocycles. The van der Waals surface area contributed by atoms with Crippen LogP contribution in [0.3, 0.4) is 0 Å². The summed E-state index contributed by atoms with van der Waals surface area (Å²) in [6.07, 6.45) is 45.9. The van der Waals surface area contributed by atoms with Gasteiger partial charge in [0.15, 0.2) is 6.10 Å². The first-order valence-electron chi connectivity index (χ1n) is 22.5. The van der Waals surface area contributed by atoms with Crippen molar-refractivity contribution >= 4 is 19.8 Å². The number of allylic oxidation sites excluding steroid dienone is 6. The van der Waals surface area contributed by atoms with E-state index in [0.29, 0.717) is 6.42 Å². The van der Waals surface area contributed by atoms with Crippen LogP contribution in [0.5, 0.6) is 0 Å². The summed E-state index contributed by atoms with van der Waals surface area (Å²) in [7, 11) is -4.38. The lowest BCUT2D eigenvalue weighted by Crippen LogP contribution is -2.29. The van der Waals surface area contributed by atoms with Gasteiger partial charge in [0.25, 0.3) is 0 Å². The van der Waals surface area contributed by atoms with Crippen LogP contribution in [0.25, 0.3) is 0 Å². The van der Waals surface area contributed by atoms with Gasteiger partial charge in [0.05, 0.1) is 13.2 Å². The van der Waals surface area contributed by atoms with Gasteiger partial charge >= 0.3 is 19.8 Å². The average Bonchev–Trinajstić information content (AvgIpc) is 3.17. The Kier molecular flexibility index (Phi) is 40.5. The molecule has 9 nitrogen and oxygen atoms in total. The van der Waals surface area contributed by atoms with Gasteiger partial charge in [0.1, 0.15) is 6.61 Å². The van der Waals surface area contributed by atoms with Crippen LogP contribution in [0, 0.1) is 0 Å². The van der Waals surface area contributed by atoms with E-state index in [-0.39, 0.29) is 38.6 Å². The zero-order valence-electron chi connectivity index (χ0n) is 35.4. The standard InChI is InChI=1S/C45H84NO8P/c1-3-5-7-9-11-13-15-17-19-21-23-25-27-29-31-33-35-37-44(47)51-41-43(42-53-55(49,50)52-40-39-46)54-45(48)38-36-34-32-30-28-26-24-22-20-18-16-14-12-10-8-6-4-2/h11,13-14,16-17,19,43H,3-10,12,15,18,20-42,46H2,1-2H3,(H,49,50)/b13-11+,16-14+,19-17+/t43-/m1/s1. The van der Waals surface area contributed by atoms with Gasteiger partial charge in [-0.2, -0.15) is 0 Å². The van der Waals surface area contributed by atoms with Gasteiger partial charge in [-0.1, -0.05) is 159 Å². The fourth-order valence-electron chi connectivity index (χ4n) is 6.13. The number of carbonyl (C=O) groups excluding carboxylic acids is 2. The summed E-state index contributed by atoms with van der Waals surface area (Å²) in [5.41, 5.74) is 5.35. The predicted molar refractivity (Wildman–Crippen MR) is 229 cm³/mol. The summed E-state index contributed by atoms with van der Waals surface area (Å²) in [6, 6.07) is 0. The molecule has 0 saturated heterocycles. The van der Waals surface area contributed by atoms with E-state index in [1.807, 2.05) is 0 Å². The van der Waals surface area contributed by atoms with E-state index >= 15 is 0 Å². The molecule has 2 atom stereocenters. The summed E-state index contributed by atoms with van der Waals surface area (Å²) < 4.78 is 32.8. The highest BCUT2D eigenvalue weighted by Crippen LogP contribution is 2.43. The van der Waals surface area contributed by atoms with Crippen LogP contribution >= 0.6 is 7.82 Å². The van der Waals surface area contributed by atoms with Gasteiger partial charge in [0, 0.05) is 19.4 Å². The van der Waals surface area contributed by atoms with Crippen molar-refractivity contribution in [1.82, 2.24) is 0 Å². The van der Waals surface area contributed by atoms with E-state index in [4.69, 9.17) is 24.3 Å². The van der Waals surface area contributed by atoms with Crippen molar-refractivity contribution < 1.29 is 37.6 Å². The van der Waals surface area contributed by atoms with Crippen LogP contribution in [-0.2, 0) is 32.7 Å². The van der Waals surface area contributed by atoms with E-state index in [1.165, 1.54) is 116 Å². The quantitative estimate of drug-likeness (QED) is 0.0268. The Morgan fingerprint density at radius 1 is 0.545 bits per heavy atom. The number of ether oxygens (including phenoxy) is 2. The lowest BCUT2D eigenvalue weighted by molar-refractivity contribution is -0.161. The topological polar surface area (TPSA) is 134 Å². The first-order valence-corrected chi connectivity index (χ1v) is 24.0. The second-order valence-corrected chi connectivity index (χ2v) is 16.4. The number of phosphoric ester groups is 1. The molecule has 0 bridgehead atoms. The van der Waals surface area contributed by atoms with Crippen molar-refractivity contribution in [3.63, 3.8) is 0 Å². The summed E-state index contributed by atoms with van der Waals surface area (Å²) in [6.45, 7) is 3.70. The zero-order chi connectivity index (χ0) is 40.3. The van der Waals surface area contributed by atoms with Crippen LogP contribution in [0.15, 0.2) is 36.5 Å². The van der Waals surface area contributed by atoms with Gasteiger partial charge in [-0.05, 0) is 70.6 Å². The highest BCUT2D eigenvalue weighted by Gasteiger charge is 2.26. The number of rotatable bonds is 42. The summed E-state index contributed by atoms with van der Waals surface area (Å²) in [5.74, 6) is -0.836. The van der Waals surface area contributed by atoms with Crippen molar-refractivity contribution in [3.8, 4) is 0 Å². The Balaban J connectivity index is 4.14. The maximum Gasteiger partial charge on any atom is 0.472 e. The Morgan fingerprint density at radius 3 is 1.44 bits per heavy atom. The second-order valence-electron chi connectivity index (χ2n) is 14.9. The zero-order valence-corrected chi connectivity index (χ0v) is 36.3. The Bertz CT molecular complexity index is 1000. The van der Waals surface area contributed by atoms with Crippen LogP contribution in [0.2, 0.25) is 0 Å². The number of esters is 2. The Hall–Kier alpha value is -1.77. The fourth-order valence-corrected chi connectivity index (χ4v) is 6.89. The largest absolute Gasteiger partial charge is 0.472 e. The molecule has 322 valence electrons. The predicted octanol–water partition coefficient (Wildman–Crippen LogP) is 12.9. The molecule has 0 rings (SSSR count). The molecule has 0 amide bonds.